The van der Waals surface area contributed by atoms with Gasteiger partial charge in [0.15, 0.2) is 0 Å². The van der Waals surface area contributed by atoms with Crippen LogP contribution in [0, 0.1) is 5.41 Å². The number of fused-ring (bicyclic) bond motifs is 3. The van der Waals surface area contributed by atoms with E-state index >= 15 is 0 Å². The minimum Gasteiger partial charge on any atom is -0.477 e. The maximum absolute atomic E-state index is 11.4. The molecule has 37 heavy (non-hydrogen) atoms. The van der Waals surface area contributed by atoms with Gasteiger partial charge in [-0.25, -0.2) is 4.98 Å². The lowest BCUT2D eigenvalue weighted by atomic mass is 9.59. The SMILES string of the molecule is NC(=O)c1cccc(OCC23CCC(OCc4c(-c5c(Cl)cccc5Cl)noc4C4CC4)(CC2)CC3)n1. The maximum Gasteiger partial charge on any atom is 0.267 e. The molecule has 0 aliphatic heterocycles. The van der Waals surface area contributed by atoms with Crippen molar-refractivity contribution >= 4 is 29.1 Å². The zero-order chi connectivity index (χ0) is 25.6. The lowest BCUT2D eigenvalue weighted by molar-refractivity contribution is -0.150. The third kappa shape index (κ3) is 4.85. The van der Waals surface area contributed by atoms with Gasteiger partial charge >= 0.3 is 0 Å². The first-order chi connectivity index (χ1) is 17.9. The molecule has 194 valence electrons. The van der Waals surface area contributed by atoms with Crippen LogP contribution < -0.4 is 10.5 Å². The van der Waals surface area contributed by atoms with Crippen LogP contribution in [0.25, 0.3) is 11.3 Å². The largest absolute Gasteiger partial charge is 0.477 e. The number of rotatable bonds is 9. The van der Waals surface area contributed by atoms with Crippen molar-refractivity contribution in [1.82, 2.24) is 10.1 Å². The van der Waals surface area contributed by atoms with Gasteiger partial charge in [-0.15, -0.1) is 0 Å². The molecule has 2 N–H and O–H groups in total. The zero-order valence-electron chi connectivity index (χ0n) is 20.5. The Labute approximate surface area is 225 Å². The van der Waals surface area contributed by atoms with Crippen molar-refractivity contribution in [2.24, 2.45) is 11.1 Å². The number of nitrogens with zero attached hydrogens (tertiary/aromatic N) is 2. The number of ether oxygens (including phenoxy) is 2. The summed E-state index contributed by atoms with van der Waals surface area (Å²) in [5.74, 6) is 1.18. The minimum atomic E-state index is -0.557. The van der Waals surface area contributed by atoms with Crippen LogP contribution in [0.1, 0.15) is 79.1 Å². The quantitative estimate of drug-likeness (QED) is 0.323. The third-order valence-electron chi connectivity index (χ3n) is 8.32. The fourth-order valence-electron chi connectivity index (χ4n) is 5.79. The highest BCUT2D eigenvalue weighted by molar-refractivity contribution is 6.39. The van der Waals surface area contributed by atoms with Crippen LogP contribution in [0.4, 0.5) is 0 Å². The van der Waals surface area contributed by atoms with E-state index in [-0.39, 0.29) is 16.7 Å². The highest BCUT2D eigenvalue weighted by Crippen LogP contribution is 2.55. The number of amides is 1. The monoisotopic (exact) mass is 541 g/mol. The molecular weight excluding hydrogens is 513 g/mol. The molecule has 4 aliphatic carbocycles. The number of halogens is 2. The van der Waals surface area contributed by atoms with Gasteiger partial charge in [-0.3, -0.25) is 4.79 Å². The summed E-state index contributed by atoms with van der Waals surface area (Å²) in [5, 5.41) is 5.51. The van der Waals surface area contributed by atoms with Crippen molar-refractivity contribution in [3.63, 3.8) is 0 Å². The molecule has 0 unspecified atom stereocenters. The van der Waals surface area contributed by atoms with Crippen LogP contribution in [0.2, 0.25) is 10.0 Å². The van der Waals surface area contributed by atoms with Gasteiger partial charge in [0.25, 0.3) is 5.91 Å². The van der Waals surface area contributed by atoms with E-state index in [1.807, 2.05) is 18.2 Å². The Morgan fingerprint density at radius 1 is 1.03 bits per heavy atom. The number of carbonyl (C=O) groups excluding carboxylic acids is 1. The molecule has 2 heterocycles. The molecule has 9 heteroatoms. The number of primary amides is 1. The molecule has 1 aromatic carbocycles. The number of hydrogen-bond acceptors (Lipinski definition) is 6. The lowest BCUT2D eigenvalue weighted by Crippen LogP contribution is -2.49. The average Bonchev–Trinajstić information content (AvgIpc) is 3.68. The second kappa shape index (κ2) is 9.61. The highest BCUT2D eigenvalue weighted by atomic mass is 35.5. The van der Waals surface area contributed by atoms with E-state index in [1.165, 1.54) is 0 Å². The highest BCUT2D eigenvalue weighted by Gasteiger charge is 2.50. The minimum absolute atomic E-state index is 0.0993. The van der Waals surface area contributed by atoms with Crippen molar-refractivity contribution in [2.75, 3.05) is 6.61 Å². The van der Waals surface area contributed by atoms with Crippen LogP contribution in [-0.2, 0) is 11.3 Å². The Morgan fingerprint density at radius 3 is 2.35 bits per heavy atom. The van der Waals surface area contributed by atoms with E-state index in [4.69, 9.17) is 42.9 Å². The lowest BCUT2D eigenvalue weighted by Gasteiger charge is -2.52. The number of aromatic nitrogens is 2. The summed E-state index contributed by atoms with van der Waals surface area (Å²) >= 11 is 13.0. The fourth-order valence-corrected chi connectivity index (χ4v) is 6.37. The van der Waals surface area contributed by atoms with Crippen LogP contribution in [0.15, 0.2) is 40.9 Å². The molecule has 0 radical (unpaired) electrons. The first-order valence-corrected chi connectivity index (χ1v) is 13.6. The molecule has 2 bridgehead atoms. The Bertz CT molecular complexity index is 1290. The number of benzene rings is 1. The molecule has 7 nitrogen and oxygen atoms in total. The van der Waals surface area contributed by atoms with Crippen LogP contribution in [-0.4, -0.2) is 28.3 Å². The number of nitrogens with two attached hydrogens (primary N) is 1. The molecule has 1 amide bonds. The Balaban J connectivity index is 1.14. The van der Waals surface area contributed by atoms with Crippen molar-refractivity contribution < 1.29 is 18.8 Å². The van der Waals surface area contributed by atoms with Gasteiger partial charge in [-0.05, 0) is 69.6 Å². The standard InChI is InChI=1S/C28H29Cl2N3O4/c29-19-3-1-4-20(30)23(19)24-18(25(37-33-24)17-7-8-17)15-36-28-12-9-27(10-13-28,11-14-28)16-35-22-6-2-5-21(32-22)26(31)34/h1-6,17H,7-16H2,(H2,31,34). The van der Waals surface area contributed by atoms with Crippen molar-refractivity contribution in [1.29, 1.82) is 0 Å². The zero-order valence-corrected chi connectivity index (χ0v) is 22.0. The van der Waals surface area contributed by atoms with Gasteiger partial charge in [0.1, 0.15) is 17.1 Å². The predicted molar refractivity (Wildman–Crippen MR) is 140 cm³/mol. The Morgan fingerprint density at radius 2 is 1.70 bits per heavy atom. The Kier molecular flexibility index (Phi) is 6.42. The van der Waals surface area contributed by atoms with E-state index in [9.17, 15) is 4.79 Å². The van der Waals surface area contributed by atoms with Crippen molar-refractivity contribution in [2.45, 2.75) is 69.5 Å². The fraction of sp³-hybridized carbons (Fsp3) is 0.464. The smallest absolute Gasteiger partial charge is 0.267 e. The maximum atomic E-state index is 11.4. The normalized spacial score (nSPS) is 24.8. The first kappa shape index (κ1) is 24.7. The molecule has 7 rings (SSSR count). The van der Waals surface area contributed by atoms with Crippen molar-refractivity contribution in [3.05, 3.63) is 63.5 Å². The summed E-state index contributed by atoms with van der Waals surface area (Å²) in [6, 6.07) is 10.6. The Hall–Kier alpha value is -2.61. The van der Waals surface area contributed by atoms with Crippen LogP contribution in [0.5, 0.6) is 5.88 Å². The molecule has 4 fully saturated rings. The summed E-state index contributed by atoms with van der Waals surface area (Å²) in [7, 11) is 0. The molecule has 2 aromatic heterocycles. The molecule has 4 saturated carbocycles. The second-order valence-electron chi connectivity index (χ2n) is 10.7. The third-order valence-corrected chi connectivity index (χ3v) is 8.95. The molecule has 4 aliphatic rings. The van der Waals surface area contributed by atoms with E-state index in [0.717, 1.165) is 62.7 Å². The average molecular weight is 542 g/mol. The van der Waals surface area contributed by atoms with Gasteiger partial charge in [0.2, 0.25) is 5.88 Å². The van der Waals surface area contributed by atoms with Gasteiger partial charge in [-0.2, -0.15) is 0 Å². The van der Waals surface area contributed by atoms with E-state index in [2.05, 4.69) is 10.1 Å². The van der Waals surface area contributed by atoms with Crippen LogP contribution in [0.3, 0.4) is 0 Å². The first-order valence-electron chi connectivity index (χ1n) is 12.8. The summed E-state index contributed by atoms with van der Waals surface area (Å²) in [5.41, 5.74) is 7.87. The number of hydrogen-bond donors (Lipinski definition) is 1. The topological polar surface area (TPSA) is 100 Å². The summed E-state index contributed by atoms with van der Waals surface area (Å²) in [6.07, 6.45) is 8.16. The van der Waals surface area contributed by atoms with E-state index in [1.54, 1.807) is 18.2 Å². The molecule has 0 spiro atoms. The van der Waals surface area contributed by atoms with Gasteiger partial charge in [-0.1, -0.05) is 40.5 Å². The van der Waals surface area contributed by atoms with Crippen LogP contribution >= 0.6 is 23.2 Å². The van der Waals surface area contributed by atoms with Gasteiger partial charge in [0, 0.05) is 28.5 Å². The van der Waals surface area contributed by atoms with Gasteiger partial charge in [0.05, 0.1) is 28.9 Å². The summed E-state index contributed by atoms with van der Waals surface area (Å²) in [4.78, 5) is 15.7. The molecular formula is C28H29Cl2N3O4. The molecule has 3 aromatic rings. The predicted octanol–water partition coefficient (Wildman–Crippen LogP) is 6.71. The summed E-state index contributed by atoms with van der Waals surface area (Å²) in [6.45, 7) is 1.00. The van der Waals surface area contributed by atoms with Crippen molar-refractivity contribution in [3.8, 4) is 17.1 Å². The molecule has 0 saturated heterocycles. The number of carbonyl (C=O) groups is 1. The summed E-state index contributed by atoms with van der Waals surface area (Å²) < 4.78 is 18.6. The second-order valence-corrected chi connectivity index (χ2v) is 11.5. The number of pyridine rings is 1. The van der Waals surface area contributed by atoms with Gasteiger partial charge < -0.3 is 19.7 Å². The van der Waals surface area contributed by atoms with E-state index in [0.29, 0.717) is 46.3 Å². The van der Waals surface area contributed by atoms with E-state index < -0.39 is 5.91 Å². The molecule has 0 atom stereocenters.